The summed E-state index contributed by atoms with van der Waals surface area (Å²) in [6.45, 7) is 2.12. The lowest BCUT2D eigenvalue weighted by molar-refractivity contribution is 0.861. The van der Waals surface area contributed by atoms with Crippen molar-refractivity contribution < 1.29 is 0 Å². The van der Waals surface area contributed by atoms with Crippen molar-refractivity contribution in [1.82, 2.24) is 4.98 Å². The second-order valence-electron chi connectivity index (χ2n) is 3.16. The summed E-state index contributed by atoms with van der Waals surface area (Å²) in [5.41, 5.74) is 3.34. The summed E-state index contributed by atoms with van der Waals surface area (Å²) >= 11 is 5.91. The van der Waals surface area contributed by atoms with Crippen molar-refractivity contribution in [3.05, 3.63) is 29.1 Å². The zero-order valence-electron chi connectivity index (χ0n) is 7.50. The van der Waals surface area contributed by atoms with E-state index in [1.165, 1.54) is 11.1 Å². The lowest BCUT2D eigenvalue weighted by Gasteiger charge is -2.13. The highest BCUT2D eigenvalue weighted by Crippen LogP contribution is 2.17. The van der Waals surface area contributed by atoms with Crippen LogP contribution in [0.4, 0.5) is 0 Å². The Morgan fingerprint density at radius 1 is 1.62 bits per heavy atom. The number of aliphatic imine (C=N–C) groups is 1. The second-order valence-corrected chi connectivity index (χ2v) is 3.66. The van der Waals surface area contributed by atoms with Gasteiger partial charge in [0.15, 0.2) is 0 Å². The molecule has 3 heteroatoms. The molecule has 2 heterocycles. The molecule has 0 bridgehead atoms. The molecule has 68 valence electrons. The maximum Gasteiger partial charge on any atom is 0.127 e. The van der Waals surface area contributed by atoms with Gasteiger partial charge in [-0.25, -0.2) is 0 Å². The molecule has 1 aromatic heterocycles. The van der Waals surface area contributed by atoms with E-state index in [1.54, 1.807) is 6.21 Å². The molecule has 0 aromatic carbocycles. The third-order valence-corrected chi connectivity index (χ3v) is 2.48. The van der Waals surface area contributed by atoms with Crippen molar-refractivity contribution >= 4 is 17.8 Å². The van der Waals surface area contributed by atoms with Crippen molar-refractivity contribution in [2.75, 3.05) is 0 Å². The van der Waals surface area contributed by atoms with Crippen LogP contribution >= 0.6 is 11.6 Å². The van der Waals surface area contributed by atoms with Gasteiger partial charge in [-0.2, -0.15) is 0 Å². The molecule has 1 unspecified atom stereocenters. The van der Waals surface area contributed by atoms with Crippen molar-refractivity contribution in [3.8, 4) is 0 Å². The average molecular weight is 195 g/mol. The van der Waals surface area contributed by atoms with Gasteiger partial charge in [-0.05, 0) is 17.5 Å². The van der Waals surface area contributed by atoms with Crippen LogP contribution in [0, 0.1) is 0 Å². The standard InChI is InChI=1S/C10H11ClN2/c1-2-7-3-8-4-10(11)13-6-9(8)12-5-7/h3,5-6,10H,2,4H2,1H3. The van der Waals surface area contributed by atoms with E-state index in [-0.39, 0.29) is 5.50 Å². The number of rotatable bonds is 1. The summed E-state index contributed by atoms with van der Waals surface area (Å²) in [7, 11) is 0. The number of alkyl halides is 1. The molecular formula is C10H11ClN2. The molecule has 0 amide bonds. The number of hydrogen-bond acceptors (Lipinski definition) is 2. The Labute approximate surface area is 82.7 Å². The Morgan fingerprint density at radius 2 is 2.46 bits per heavy atom. The predicted molar refractivity (Wildman–Crippen MR) is 54.6 cm³/mol. The molecule has 0 aliphatic carbocycles. The van der Waals surface area contributed by atoms with Crippen molar-refractivity contribution in [2.45, 2.75) is 25.3 Å². The zero-order chi connectivity index (χ0) is 9.26. The average Bonchev–Trinajstić information content (AvgIpc) is 2.16. The lowest BCUT2D eigenvalue weighted by Crippen LogP contribution is -2.11. The van der Waals surface area contributed by atoms with Gasteiger partial charge in [-0.15, -0.1) is 0 Å². The second kappa shape index (κ2) is 3.46. The van der Waals surface area contributed by atoms with Crippen LogP contribution in [0.3, 0.4) is 0 Å². The van der Waals surface area contributed by atoms with E-state index in [0.29, 0.717) is 0 Å². The smallest absolute Gasteiger partial charge is 0.127 e. The molecule has 1 aliphatic rings. The lowest BCUT2D eigenvalue weighted by atomic mass is 10.1. The zero-order valence-corrected chi connectivity index (χ0v) is 8.25. The molecular weight excluding hydrogens is 184 g/mol. The third kappa shape index (κ3) is 1.73. The van der Waals surface area contributed by atoms with Gasteiger partial charge in [0, 0.05) is 18.8 Å². The highest BCUT2D eigenvalue weighted by molar-refractivity contribution is 6.21. The SMILES string of the molecule is CCc1cnc2c(c1)CC(Cl)N=C2. The molecule has 0 spiro atoms. The van der Waals surface area contributed by atoms with Gasteiger partial charge >= 0.3 is 0 Å². The van der Waals surface area contributed by atoms with Gasteiger partial charge in [-0.3, -0.25) is 9.98 Å². The summed E-state index contributed by atoms with van der Waals surface area (Å²) in [5.74, 6) is 0. The van der Waals surface area contributed by atoms with Crippen LogP contribution in [0.2, 0.25) is 0 Å². The minimum atomic E-state index is -0.110. The van der Waals surface area contributed by atoms with Crippen LogP contribution in [0.15, 0.2) is 17.3 Å². The monoisotopic (exact) mass is 194 g/mol. The predicted octanol–water partition coefficient (Wildman–Crippen LogP) is 2.18. The number of fused-ring (bicyclic) bond motifs is 1. The molecule has 2 nitrogen and oxygen atoms in total. The number of aryl methyl sites for hydroxylation is 1. The van der Waals surface area contributed by atoms with Crippen LogP contribution in [0.5, 0.6) is 0 Å². The van der Waals surface area contributed by atoms with Gasteiger partial charge in [0.05, 0.1) is 5.69 Å². The topological polar surface area (TPSA) is 25.2 Å². The van der Waals surface area contributed by atoms with E-state index < -0.39 is 0 Å². The van der Waals surface area contributed by atoms with Gasteiger partial charge < -0.3 is 0 Å². The minimum Gasteiger partial charge on any atom is -0.271 e. The first-order valence-corrected chi connectivity index (χ1v) is 4.88. The first-order chi connectivity index (χ1) is 6.29. The first kappa shape index (κ1) is 8.70. The fourth-order valence-corrected chi connectivity index (χ4v) is 1.65. The van der Waals surface area contributed by atoms with E-state index in [1.807, 2.05) is 6.20 Å². The molecule has 0 saturated carbocycles. The normalized spacial score (nSPS) is 20.0. The van der Waals surface area contributed by atoms with Gasteiger partial charge in [0.1, 0.15) is 5.50 Å². The number of pyridine rings is 1. The number of aromatic nitrogens is 1. The van der Waals surface area contributed by atoms with Gasteiger partial charge in [0.2, 0.25) is 0 Å². The van der Waals surface area contributed by atoms with Crippen molar-refractivity contribution in [3.63, 3.8) is 0 Å². The van der Waals surface area contributed by atoms with Crippen molar-refractivity contribution in [2.24, 2.45) is 4.99 Å². The van der Waals surface area contributed by atoms with E-state index >= 15 is 0 Å². The Morgan fingerprint density at radius 3 is 3.23 bits per heavy atom. The van der Waals surface area contributed by atoms with Crippen LogP contribution in [0.1, 0.15) is 23.7 Å². The van der Waals surface area contributed by atoms with Gasteiger partial charge in [-0.1, -0.05) is 24.6 Å². The molecule has 2 rings (SSSR count). The first-order valence-electron chi connectivity index (χ1n) is 4.44. The third-order valence-electron chi connectivity index (χ3n) is 2.21. The fraction of sp³-hybridized carbons (Fsp3) is 0.400. The Bertz CT molecular complexity index is 347. The van der Waals surface area contributed by atoms with Crippen LogP contribution < -0.4 is 0 Å². The quantitative estimate of drug-likeness (QED) is 0.497. The number of halogens is 1. The highest BCUT2D eigenvalue weighted by Gasteiger charge is 2.13. The molecule has 13 heavy (non-hydrogen) atoms. The van der Waals surface area contributed by atoms with Crippen LogP contribution in [-0.4, -0.2) is 16.7 Å². The van der Waals surface area contributed by atoms with Gasteiger partial charge in [0.25, 0.3) is 0 Å². The maximum atomic E-state index is 5.91. The van der Waals surface area contributed by atoms with Crippen LogP contribution in [0.25, 0.3) is 0 Å². The molecule has 0 N–H and O–H groups in total. The van der Waals surface area contributed by atoms with E-state index in [9.17, 15) is 0 Å². The molecule has 0 fully saturated rings. The molecule has 1 aromatic rings. The fourth-order valence-electron chi connectivity index (χ4n) is 1.43. The Kier molecular flexibility index (Phi) is 2.32. The number of nitrogens with zero attached hydrogens (tertiary/aromatic N) is 2. The number of hydrogen-bond donors (Lipinski definition) is 0. The van der Waals surface area contributed by atoms with E-state index in [0.717, 1.165) is 18.5 Å². The molecule has 1 atom stereocenters. The molecule has 0 saturated heterocycles. The summed E-state index contributed by atoms with van der Waals surface area (Å²) in [4.78, 5) is 8.42. The van der Waals surface area contributed by atoms with E-state index in [4.69, 9.17) is 11.6 Å². The molecule has 0 radical (unpaired) electrons. The maximum absolute atomic E-state index is 5.91. The molecule has 1 aliphatic heterocycles. The Balaban J connectivity index is 2.40. The van der Waals surface area contributed by atoms with Crippen molar-refractivity contribution in [1.29, 1.82) is 0 Å². The van der Waals surface area contributed by atoms with Crippen LogP contribution in [-0.2, 0) is 12.8 Å². The summed E-state index contributed by atoms with van der Waals surface area (Å²) < 4.78 is 0. The highest BCUT2D eigenvalue weighted by atomic mass is 35.5. The summed E-state index contributed by atoms with van der Waals surface area (Å²) in [6.07, 6.45) is 5.48. The summed E-state index contributed by atoms with van der Waals surface area (Å²) in [5, 5.41) is 0. The van der Waals surface area contributed by atoms with E-state index in [2.05, 4.69) is 23.0 Å². The summed E-state index contributed by atoms with van der Waals surface area (Å²) in [6, 6.07) is 2.17. The Hall–Kier alpha value is -0.890. The minimum absolute atomic E-state index is 0.110. The largest absolute Gasteiger partial charge is 0.271 e.